The molecule has 0 spiro atoms. The van der Waals surface area contributed by atoms with Crippen molar-refractivity contribution in [2.24, 2.45) is 0 Å². The van der Waals surface area contributed by atoms with Crippen molar-refractivity contribution in [2.45, 2.75) is 37.9 Å². The summed E-state index contributed by atoms with van der Waals surface area (Å²) in [5, 5.41) is 9.59. The lowest BCUT2D eigenvalue weighted by Gasteiger charge is -2.16. The number of hydrogen-bond donors (Lipinski definition) is 1. The van der Waals surface area contributed by atoms with Gasteiger partial charge in [-0.2, -0.15) is 8.42 Å². The predicted octanol–water partition coefficient (Wildman–Crippen LogP) is 5.91. The van der Waals surface area contributed by atoms with Gasteiger partial charge >= 0.3 is 10.1 Å². The van der Waals surface area contributed by atoms with Crippen LogP contribution < -0.4 is 8.92 Å². The molecule has 1 N–H and O–H groups in total. The van der Waals surface area contributed by atoms with Crippen LogP contribution in [-0.4, -0.2) is 48.3 Å². The molecular weight excluding hydrogens is 541 g/mol. The van der Waals surface area contributed by atoms with E-state index in [4.69, 9.17) is 8.92 Å². The summed E-state index contributed by atoms with van der Waals surface area (Å²) in [5.74, 6) is 2.82. The van der Waals surface area contributed by atoms with E-state index in [1.165, 1.54) is 11.8 Å². The number of phenols is 1. The van der Waals surface area contributed by atoms with E-state index in [0.29, 0.717) is 18.8 Å². The first-order valence-electron chi connectivity index (χ1n) is 12.5. The number of carbonyl (C=O) groups excluding carboxylic acids is 1. The molecule has 0 saturated heterocycles. The zero-order chi connectivity index (χ0) is 27.4. The molecule has 0 aliphatic carbocycles. The van der Waals surface area contributed by atoms with Crippen LogP contribution >= 0.6 is 23.5 Å². The molecule has 1 atom stereocenters. The zero-order valence-electron chi connectivity index (χ0n) is 21.7. The number of hydrogen-bond acceptors (Lipinski definition) is 8. The molecule has 0 amide bonds. The number of aromatic hydroxyl groups is 1. The number of rotatable bonds is 15. The van der Waals surface area contributed by atoms with Crippen molar-refractivity contribution >= 4 is 38.8 Å². The molecule has 38 heavy (non-hydrogen) atoms. The van der Waals surface area contributed by atoms with Crippen molar-refractivity contribution in [3.8, 4) is 17.2 Å². The fourth-order valence-electron chi connectivity index (χ4n) is 3.60. The third kappa shape index (κ3) is 11.0. The highest BCUT2D eigenvalue weighted by Crippen LogP contribution is 2.25. The Labute approximate surface area is 234 Å². The Hall–Kier alpha value is -2.62. The standard InChI is InChI=1S/C29H34O6S3/c1-3-19-37-29(31)28(36-20-17-23-8-10-25(30)11-9-23)21-24-6-4-22(5-7-24)16-18-34-26-12-14-27(15-13-26)35-38(2,32)33/h4-15,28,30H,3,16-21H2,1-2H3. The van der Waals surface area contributed by atoms with Gasteiger partial charge in [-0.15, -0.1) is 11.8 Å². The van der Waals surface area contributed by atoms with E-state index in [9.17, 15) is 18.3 Å². The maximum absolute atomic E-state index is 12.9. The summed E-state index contributed by atoms with van der Waals surface area (Å²) < 4.78 is 33.0. The SMILES string of the molecule is CCCSC(=O)C(Cc1ccc(CCOc2ccc(OS(C)(=O)=O)cc2)cc1)SCCc1ccc(O)cc1. The summed E-state index contributed by atoms with van der Waals surface area (Å²) >= 11 is 3.12. The number of thioether (sulfide) groups is 2. The van der Waals surface area contributed by atoms with E-state index in [-0.39, 0.29) is 21.9 Å². The van der Waals surface area contributed by atoms with E-state index in [0.717, 1.165) is 53.7 Å². The second-order valence-corrected chi connectivity index (χ2v) is 12.8. The molecule has 0 bridgehead atoms. The van der Waals surface area contributed by atoms with Gasteiger partial charge in [-0.25, -0.2) is 0 Å². The normalized spacial score (nSPS) is 12.2. The van der Waals surface area contributed by atoms with Crippen molar-refractivity contribution in [1.29, 1.82) is 0 Å². The summed E-state index contributed by atoms with van der Waals surface area (Å²) in [6.07, 6.45) is 4.23. The number of aryl methyl sites for hydroxylation is 1. The Morgan fingerprint density at radius 2 is 1.42 bits per heavy atom. The molecule has 0 aromatic heterocycles. The lowest BCUT2D eigenvalue weighted by molar-refractivity contribution is -0.110. The second-order valence-electron chi connectivity index (χ2n) is 8.82. The molecule has 0 fully saturated rings. The van der Waals surface area contributed by atoms with Crippen LogP contribution in [0, 0.1) is 0 Å². The molecule has 1 unspecified atom stereocenters. The Morgan fingerprint density at radius 3 is 2.05 bits per heavy atom. The van der Waals surface area contributed by atoms with Gasteiger partial charge in [-0.05, 0) is 78.1 Å². The molecule has 3 rings (SSSR count). The second kappa shape index (κ2) is 15.1. The molecule has 204 valence electrons. The van der Waals surface area contributed by atoms with Crippen molar-refractivity contribution in [3.05, 3.63) is 89.5 Å². The number of benzene rings is 3. The van der Waals surface area contributed by atoms with Gasteiger partial charge in [0.25, 0.3) is 0 Å². The van der Waals surface area contributed by atoms with Crippen LogP contribution in [0.15, 0.2) is 72.8 Å². The molecule has 9 heteroatoms. The van der Waals surface area contributed by atoms with Crippen LogP contribution in [-0.2, 0) is 34.2 Å². The maximum Gasteiger partial charge on any atom is 0.306 e. The Balaban J connectivity index is 1.49. The van der Waals surface area contributed by atoms with Gasteiger partial charge in [0.05, 0.1) is 18.1 Å². The quantitative estimate of drug-likeness (QED) is 0.224. The van der Waals surface area contributed by atoms with Crippen LogP contribution in [0.1, 0.15) is 30.0 Å². The van der Waals surface area contributed by atoms with Crippen LogP contribution in [0.3, 0.4) is 0 Å². The first-order chi connectivity index (χ1) is 18.2. The third-order valence-electron chi connectivity index (χ3n) is 5.53. The number of ether oxygens (including phenoxy) is 1. The Morgan fingerprint density at radius 1 is 0.842 bits per heavy atom. The lowest BCUT2D eigenvalue weighted by atomic mass is 10.1. The molecule has 0 saturated carbocycles. The minimum absolute atomic E-state index is 0.104. The van der Waals surface area contributed by atoms with Gasteiger partial charge in [0, 0.05) is 12.2 Å². The fourth-order valence-corrected chi connectivity index (χ4v) is 6.22. The van der Waals surface area contributed by atoms with E-state index in [2.05, 4.69) is 31.2 Å². The van der Waals surface area contributed by atoms with Crippen LogP contribution in [0.5, 0.6) is 17.2 Å². The Bertz CT molecular complexity index is 1240. The molecule has 6 nitrogen and oxygen atoms in total. The fraction of sp³-hybridized carbons (Fsp3) is 0.345. The summed E-state index contributed by atoms with van der Waals surface area (Å²) in [4.78, 5) is 12.9. The average Bonchev–Trinajstić information content (AvgIpc) is 2.89. The van der Waals surface area contributed by atoms with E-state index in [1.54, 1.807) is 48.2 Å². The smallest absolute Gasteiger partial charge is 0.306 e. The van der Waals surface area contributed by atoms with Crippen molar-refractivity contribution in [3.63, 3.8) is 0 Å². The first kappa shape index (κ1) is 29.9. The first-order valence-corrected chi connectivity index (χ1v) is 16.3. The predicted molar refractivity (Wildman–Crippen MR) is 157 cm³/mol. The van der Waals surface area contributed by atoms with Crippen molar-refractivity contribution in [2.75, 3.05) is 24.4 Å². The van der Waals surface area contributed by atoms with Gasteiger partial charge in [-0.3, -0.25) is 4.79 Å². The minimum Gasteiger partial charge on any atom is -0.508 e. The molecule has 0 heterocycles. The average molecular weight is 575 g/mol. The van der Waals surface area contributed by atoms with Gasteiger partial charge in [0.2, 0.25) is 5.12 Å². The van der Waals surface area contributed by atoms with Gasteiger partial charge in [0.15, 0.2) is 0 Å². The molecule has 0 radical (unpaired) electrons. The molecular formula is C29H34O6S3. The zero-order valence-corrected chi connectivity index (χ0v) is 24.1. The molecule has 3 aromatic rings. The molecule has 0 aliphatic heterocycles. The van der Waals surface area contributed by atoms with Crippen LogP contribution in [0.2, 0.25) is 0 Å². The topological polar surface area (TPSA) is 89.9 Å². The number of phenolic OH excluding ortho intramolecular Hbond substituents is 1. The minimum atomic E-state index is -3.55. The van der Waals surface area contributed by atoms with E-state index < -0.39 is 10.1 Å². The lowest BCUT2D eigenvalue weighted by Crippen LogP contribution is -2.18. The third-order valence-corrected chi connectivity index (χ3v) is 8.58. The largest absolute Gasteiger partial charge is 0.508 e. The number of carbonyl (C=O) groups is 1. The molecule has 0 aliphatic rings. The molecule has 3 aromatic carbocycles. The summed E-state index contributed by atoms with van der Waals surface area (Å²) in [7, 11) is -3.55. The summed E-state index contributed by atoms with van der Waals surface area (Å²) in [5.41, 5.74) is 3.41. The van der Waals surface area contributed by atoms with Crippen molar-refractivity contribution in [1.82, 2.24) is 0 Å². The summed E-state index contributed by atoms with van der Waals surface area (Å²) in [6, 6.07) is 22.0. The van der Waals surface area contributed by atoms with E-state index in [1.807, 2.05) is 12.1 Å². The highest BCUT2D eigenvalue weighted by molar-refractivity contribution is 8.16. The van der Waals surface area contributed by atoms with Crippen LogP contribution in [0.4, 0.5) is 0 Å². The van der Waals surface area contributed by atoms with Gasteiger partial charge < -0.3 is 14.0 Å². The monoisotopic (exact) mass is 574 g/mol. The van der Waals surface area contributed by atoms with Crippen molar-refractivity contribution < 1.29 is 27.2 Å². The van der Waals surface area contributed by atoms with E-state index >= 15 is 0 Å². The van der Waals surface area contributed by atoms with Crippen LogP contribution in [0.25, 0.3) is 0 Å². The highest BCUT2D eigenvalue weighted by Gasteiger charge is 2.20. The Kier molecular flexibility index (Phi) is 11.9. The van der Waals surface area contributed by atoms with Gasteiger partial charge in [0.1, 0.15) is 17.2 Å². The highest BCUT2D eigenvalue weighted by atomic mass is 32.2. The summed E-state index contributed by atoms with van der Waals surface area (Å²) in [6.45, 7) is 2.56. The maximum atomic E-state index is 12.9. The van der Waals surface area contributed by atoms with Gasteiger partial charge in [-0.1, -0.05) is 55.1 Å².